The number of para-hydroxylation sites is 1. The molecule has 0 aromatic heterocycles. The predicted octanol–water partition coefficient (Wildman–Crippen LogP) is 4.45. The minimum absolute atomic E-state index is 0.272. The SMILES string of the molecule is C=CCN(C(=O)Oc1cccc(NC(=O)OCC)c1)c1ccccc1. The minimum Gasteiger partial charge on any atom is -0.450 e. The average molecular weight is 340 g/mol. The zero-order chi connectivity index (χ0) is 18.1. The van der Waals surface area contributed by atoms with Crippen molar-refractivity contribution < 1.29 is 19.1 Å². The van der Waals surface area contributed by atoms with Crippen molar-refractivity contribution in [2.24, 2.45) is 0 Å². The molecular formula is C19H20N2O4. The Bertz CT molecular complexity index is 731. The van der Waals surface area contributed by atoms with Gasteiger partial charge in [-0.05, 0) is 31.2 Å². The van der Waals surface area contributed by atoms with Gasteiger partial charge in [0.25, 0.3) is 0 Å². The molecule has 2 aromatic carbocycles. The second-order valence-corrected chi connectivity index (χ2v) is 4.98. The summed E-state index contributed by atoms with van der Waals surface area (Å²) in [6, 6.07) is 15.7. The summed E-state index contributed by atoms with van der Waals surface area (Å²) < 4.78 is 10.2. The lowest BCUT2D eigenvalue weighted by molar-refractivity contribution is 0.168. The number of carbonyl (C=O) groups is 2. The molecule has 25 heavy (non-hydrogen) atoms. The van der Waals surface area contributed by atoms with E-state index in [9.17, 15) is 9.59 Å². The van der Waals surface area contributed by atoms with E-state index >= 15 is 0 Å². The molecule has 0 spiro atoms. The molecular weight excluding hydrogens is 320 g/mol. The molecule has 0 radical (unpaired) electrons. The van der Waals surface area contributed by atoms with Crippen molar-refractivity contribution in [3.05, 3.63) is 67.3 Å². The fraction of sp³-hybridized carbons (Fsp3) is 0.158. The molecule has 0 atom stereocenters. The van der Waals surface area contributed by atoms with E-state index in [2.05, 4.69) is 11.9 Å². The molecule has 0 aliphatic rings. The molecule has 2 rings (SSSR count). The van der Waals surface area contributed by atoms with Crippen molar-refractivity contribution in [2.75, 3.05) is 23.4 Å². The zero-order valence-electron chi connectivity index (χ0n) is 14.0. The van der Waals surface area contributed by atoms with Crippen LogP contribution in [0.1, 0.15) is 6.92 Å². The van der Waals surface area contributed by atoms with Crippen LogP contribution in [0.4, 0.5) is 21.0 Å². The Morgan fingerprint density at radius 2 is 1.92 bits per heavy atom. The van der Waals surface area contributed by atoms with E-state index < -0.39 is 12.2 Å². The van der Waals surface area contributed by atoms with Crippen LogP contribution in [0.5, 0.6) is 5.75 Å². The van der Waals surface area contributed by atoms with Crippen LogP contribution in [-0.2, 0) is 4.74 Å². The number of nitrogens with one attached hydrogen (secondary N) is 1. The molecule has 0 heterocycles. The van der Waals surface area contributed by atoms with E-state index in [1.165, 1.54) is 4.90 Å². The fourth-order valence-corrected chi connectivity index (χ4v) is 2.10. The number of amides is 2. The lowest BCUT2D eigenvalue weighted by atomic mass is 10.3. The van der Waals surface area contributed by atoms with E-state index in [0.29, 0.717) is 23.7 Å². The van der Waals surface area contributed by atoms with Gasteiger partial charge in [-0.15, -0.1) is 6.58 Å². The first-order valence-electron chi connectivity index (χ1n) is 7.83. The first-order valence-corrected chi connectivity index (χ1v) is 7.83. The maximum absolute atomic E-state index is 12.5. The van der Waals surface area contributed by atoms with Crippen molar-refractivity contribution in [1.82, 2.24) is 0 Å². The number of anilines is 2. The Kier molecular flexibility index (Phi) is 6.59. The van der Waals surface area contributed by atoms with Crippen LogP contribution in [0.15, 0.2) is 67.3 Å². The van der Waals surface area contributed by atoms with Crippen LogP contribution in [0.3, 0.4) is 0 Å². The molecule has 1 N–H and O–H groups in total. The highest BCUT2D eigenvalue weighted by atomic mass is 16.6. The Morgan fingerprint density at radius 3 is 2.60 bits per heavy atom. The number of benzene rings is 2. The van der Waals surface area contributed by atoms with Gasteiger partial charge in [0.1, 0.15) is 5.75 Å². The molecule has 130 valence electrons. The Morgan fingerprint density at radius 1 is 1.16 bits per heavy atom. The molecule has 0 bridgehead atoms. The molecule has 6 heteroatoms. The lowest BCUT2D eigenvalue weighted by Gasteiger charge is -2.20. The maximum atomic E-state index is 12.5. The van der Waals surface area contributed by atoms with Crippen LogP contribution >= 0.6 is 0 Å². The molecule has 0 saturated heterocycles. The van der Waals surface area contributed by atoms with E-state index in [0.717, 1.165) is 0 Å². The Hall–Kier alpha value is -3.28. The number of rotatable bonds is 6. The second kappa shape index (κ2) is 9.12. The third-order valence-corrected chi connectivity index (χ3v) is 3.16. The van der Waals surface area contributed by atoms with Crippen LogP contribution < -0.4 is 15.0 Å². The summed E-state index contributed by atoms with van der Waals surface area (Å²) in [6.07, 6.45) is 0.510. The maximum Gasteiger partial charge on any atom is 0.420 e. The highest BCUT2D eigenvalue weighted by Crippen LogP contribution is 2.20. The van der Waals surface area contributed by atoms with Crippen LogP contribution in [-0.4, -0.2) is 25.3 Å². The van der Waals surface area contributed by atoms with Crippen LogP contribution in [0.25, 0.3) is 0 Å². The van der Waals surface area contributed by atoms with Gasteiger partial charge in [-0.1, -0.05) is 30.3 Å². The molecule has 0 unspecified atom stereocenters. The standard InChI is InChI=1S/C19H20N2O4/c1-3-13-21(16-10-6-5-7-11-16)19(23)25-17-12-8-9-15(14-17)20-18(22)24-4-2/h3,5-12,14H,1,4,13H2,2H3,(H,20,22). The summed E-state index contributed by atoms with van der Waals surface area (Å²) in [5, 5.41) is 2.56. The van der Waals surface area contributed by atoms with Gasteiger partial charge >= 0.3 is 12.2 Å². The number of hydrogen-bond acceptors (Lipinski definition) is 4. The number of hydrogen-bond donors (Lipinski definition) is 1. The smallest absolute Gasteiger partial charge is 0.420 e. The highest BCUT2D eigenvalue weighted by molar-refractivity contribution is 5.90. The average Bonchev–Trinajstić information content (AvgIpc) is 2.60. The molecule has 2 amide bonds. The molecule has 6 nitrogen and oxygen atoms in total. The van der Waals surface area contributed by atoms with Gasteiger partial charge in [-0.25, -0.2) is 9.59 Å². The molecule has 0 fully saturated rings. The molecule has 2 aromatic rings. The minimum atomic E-state index is -0.566. The van der Waals surface area contributed by atoms with Crippen molar-refractivity contribution in [2.45, 2.75) is 6.92 Å². The Balaban J connectivity index is 2.10. The number of carbonyl (C=O) groups excluding carboxylic acids is 2. The van der Waals surface area contributed by atoms with Gasteiger partial charge in [-0.2, -0.15) is 0 Å². The third-order valence-electron chi connectivity index (χ3n) is 3.16. The summed E-state index contributed by atoms with van der Waals surface area (Å²) in [4.78, 5) is 25.4. The summed E-state index contributed by atoms with van der Waals surface area (Å²) in [5.74, 6) is 0.310. The van der Waals surface area contributed by atoms with Crippen molar-refractivity contribution in [3.63, 3.8) is 0 Å². The summed E-state index contributed by atoms with van der Waals surface area (Å²) in [7, 11) is 0. The summed E-state index contributed by atoms with van der Waals surface area (Å²) in [6.45, 7) is 5.97. The third kappa shape index (κ3) is 5.39. The first kappa shape index (κ1) is 18.1. The number of ether oxygens (including phenoxy) is 2. The number of nitrogens with zero attached hydrogens (tertiary/aromatic N) is 1. The lowest BCUT2D eigenvalue weighted by Crippen LogP contribution is -2.33. The molecule has 0 aliphatic carbocycles. The van der Waals surface area contributed by atoms with Crippen molar-refractivity contribution >= 4 is 23.6 Å². The fourth-order valence-electron chi connectivity index (χ4n) is 2.10. The zero-order valence-corrected chi connectivity index (χ0v) is 14.0. The Labute approximate surface area is 146 Å². The van der Waals surface area contributed by atoms with Gasteiger partial charge in [0.05, 0.1) is 6.61 Å². The predicted molar refractivity (Wildman–Crippen MR) is 97.1 cm³/mol. The van der Waals surface area contributed by atoms with E-state index in [1.807, 2.05) is 30.3 Å². The molecule has 0 aliphatic heterocycles. The van der Waals surface area contributed by atoms with Gasteiger partial charge in [0, 0.05) is 24.0 Å². The van der Waals surface area contributed by atoms with E-state index in [-0.39, 0.29) is 6.61 Å². The van der Waals surface area contributed by atoms with Crippen LogP contribution in [0.2, 0.25) is 0 Å². The van der Waals surface area contributed by atoms with Crippen molar-refractivity contribution in [1.29, 1.82) is 0 Å². The van der Waals surface area contributed by atoms with Crippen molar-refractivity contribution in [3.8, 4) is 5.75 Å². The van der Waals surface area contributed by atoms with Crippen LogP contribution in [0, 0.1) is 0 Å². The van der Waals surface area contributed by atoms with Gasteiger partial charge in [0.2, 0.25) is 0 Å². The van der Waals surface area contributed by atoms with E-state index in [4.69, 9.17) is 9.47 Å². The van der Waals surface area contributed by atoms with E-state index in [1.54, 1.807) is 37.3 Å². The molecule has 0 saturated carbocycles. The van der Waals surface area contributed by atoms with Gasteiger partial charge < -0.3 is 9.47 Å². The normalized spacial score (nSPS) is 9.80. The van der Waals surface area contributed by atoms with Gasteiger partial charge in [0.15, 0.2) is 0 Å². The van der Waals surface area contributed by atoms with Gasteiger partial charge in [-0.3, -0.25) is 10.2 Å². The summed E-state index contributed by atoms with van der Waals surface area (Å²) >= 11 is 0. The quantitative estimate of drug-likeness (QED) is 0.789. The highest BCUT2D eigenvalue weighted by Gasteiger charge is 2.17. The topological polar surface area (TPSA) is 67.9 Å². The largest absolute Gasteiger partial charge is 0.450 e. The monoisotopic (exact) mass is 340 g/mol. The first-order chi connectivity index (χ1) is 12.1. The summed E-state index contributed by atoms with van der Waals surface area (Å²) in [5.41, 5.74) is 1.17. The second-order valence-electron chi connectivity index (χ2n) is 4.98.